The first-order valence-electron chi connectivity index (χ1n) is 6.54. The molecule has 2 N–H and O–H groups in total. The van der Waals surface area contributed by atoms with E-state index in [1.807, 2.05) is 0 Å². The van der Waals surface area contributed by atoms with Crippen LogP contribution in [0.25, 0.3) is 10.9 Å². The standard InChI is InChI=1S/C13H11F3N6O/c1-17-11-9-3-2-7(13(14,15)16)4-10(9)22(12(23)19-11)6-8-5-18-21-20-8/h2-5H,6H2,1H3,(H,17,19,23)(H,18,20,21). The first-order valence-corrected chi connectivity index (χ1v) is 6.54. The number of halogens is 3. The number of rotatable bonds is 3. The number of nitrogens with zero attached hydrogens (tertiary/aromatic N) is 4. The van der Waals surface area contributed by atoms with Gasteiger partial charge in [0.2, 0.25) is 0 Å². The molecule has 1 aromatic carbocycles. The van der Waals surface area contributed by atoms with Crippen LogP contribution in [0.5, 0.6) is 0 Å². The Labute approximate surface area is 127 Å². The van der Waals surface area contributed by atoms with E-state index in [1.165, 1.54) is 12.3 Å². The van der Waals surface area contributed by atoms with Gasteiger partial charge in [-0.3, -0.25) is 4.57 Å². The third-order valence-electron chi connectivity index (χ3n) is 3.33. The molecule has 0 unspecified atom stereocenters. The minimum Gasteiger partial charge on any atom is -0.372 e. The second-order valence-electron chi connectivity index (χ2n) is 4.77. The molecule has 0 saturated heterocycles. The van der Waals surface area contributed by atoms with Crippen molar-refractivity contribution in [2.24, 2.45) is 0 Å². The lowest BCUT2D eigenvalue weighted by Gasteiger charge is -2.14. The fourth-order valence-electron chi connectivity index (χ4n) is 2.26. The molecule has 2 aromatic heterocycles. The number of hydrogen-bond acceptors (Lipinski definition) is 5. The predicted octanol–water partition coefficient (Wildman–Crippen LogP) is 1.62. The van der Waals surface area contributed by atoms with Gasteiger partial charge in [0.1, 0.15) is 11.5 Å². The molecule has 0 aliphatic heterocycles. The second kappa shape index (κ2) is 5.38. The van der Waals surface area contributed by atoms with Crippen LogP contribution in [0.1, 0.15) is 11.3 Å². The van der Waals surface area contributed by atoms with Crippen molar-refractivity contribution in [2.45, 2.75) is 12.7 Å². The zero-order valence-electron chi connectivity index (χ0n) is 11.8. The lowest BCUT2D eigenvalue weighted by atomic mass is 10.1. The molecule has 0 fully saturated rings. The summed E-state index contributed by atoms with van der Waals surface area (Å²) in [4.78, 5) is 16.0. The van der Waals surface area contributed by atoms with Crippen LogP contribution in [-0.4, -0.2) is 32.0 Å². The molecule has 0 saturated carbocycles. The molecule has 120 valence electrons. The number of hydrogen-bond donors (Lipinski definition) is 2. The van der Waals surface area contributed by atoms with Gasteiger partial charge in [0, 0.05) is 12.4 Å². The van der Waals surface area contributed by atoms with E-state index in [-0.39, 0.29) is 17.9 Å². The maximum Gasteiger partial charge on any atom is 0.416 e. The van der Waals surface area contributed by atoms with E-state index in [1.54, 1.807) is 7.05 Å². The van der Waals surface area contributed by atoms with E-state index >= 15 is 0 Å². The van der Waals surface area contributed by atoms with Gasteiger partial charge in [-0.05, 0) is 18.2 Å². The topological polar surface area (TPSA) is 88.5 Å². The van der Waals surface area contributed by atoms with Gasteiger partial charge >= 0.3 is 11.9 Å². The molecule has 2 heterocycles. The summed E-state index contributed by atoms with van der Waals surface area (Å²) >= 11 is 0. The van der Waals surface area contributed by atoms with Gasteiger partial charge in [-0.2, -0.15) is 33.6 Å². The van der Waals surface area contributed by atoms with Crippen LogP contribution in [0, 0.1) is 0 Å². The van der Waals surface area contributed by atoms with Crippen LogP contribution in [0.2, 0.25) is 0 Å². The molecule has 3 aromatic rings. The second-order valence-corrected chi connectivity index (χ2v) is 4.77. The Kier molecular flexibility index (Phi) is 3.51. The smallest absolute Gasteiger partial charge is 0.372 e. The third-order valence-corrected chi connectivity index (χ3v) is 3.33. The monoisotopic (exact) mass is 324 g/mol. The molecule has 0 radical (unpaired) electrons. The zero-order chi connectivity index (χ0) is 16.6. The Bertz CT molecular complexity index is 900. The number of nitrogens with one attached hydrogen (secondary N) is 2. The molecule has 0 amide bonds. The number of fused-ring (bicyclic) bond motifs is 1. The summed E-state index contributed by atoms with van der Waals surface area (Å²) in [6.07, 6.45) is -3.12. The summed E-state index contributed by atoms with van der Waals surface area (Å²) in [6.45, 7) is -0.0376. The summed E-state index contributed by atoms with van der Waals surface area (Å²) in [7, 11) is 1.54. The van der Waals surface area contributed by atoms with Crippen molar-refractivity contribution in [1.82, 2.24) is 25.0 Å². The summed E-state index contributed by atoms with van der Waals surface area (Å²) in [6, 6.07) is 3.17. The normalized spacial score (nSPS) is 11.8. The Hall–Kier alpha value is -2.91. The number of H-pyrrole nitrogens is 1. The van der Waals surface area contributed by atoms with E-state index in [4.69, 9.17) is 0 Å². The van der Waals surface area contributed by atoms with Crippen LogP contribution < -0.4 is 11.0 Å². The SMILES string of the molecule is CNc1nc(=O)n(Cc2cn[nH]n2)c2cc(C(F)(F)F)ccc12. The first-order chi connectivity index (χ1) is 10.9. The van der Waals surface area contributed by atoms with E-state index < -0.39 is 17.4 Å². The van der Waals surface area contributed by atoms with Crippen molar-refractivity contribution >= 4 is 16.7 Å². The van der Waals surface area contributed by atoms with E-state index in [0.29, 0.717) is 11.1 Å². The molecule has 0 bridgehead atoms. The zero-order valence-corrected chi connectivity index (χ0v) is 11.8. The summed E-state index contributed by atoms with van der Waals surface area (Å²) in [5.74, 6) is 0.218. The van der Waals surface area contributed by atoms with Crippen molar-refractivity contribution in [3.05, 3.63) is 46.1 Å². The van der Waals surface area contributed by atoms with Crippen molar-refractivity contribution in [2.75, 3.05) is 12.4 Å². The summed E-state index contributed by atoms with van der Waals surface area (Å²) in [5, 5.41) is 12.9. The molecule has 0 aliphatic rings. The van der Waals surface area contributed by atoms with Crippen molar-refractivity contribution in [1.29, 1.82) is 0 Å². The molecular formula is C13H11F3N6O. The number of aromatic nitrogens is 5. The number of alkyl halides is 3. The number of benzene rings is 1. The average molecular weight is 324 g/mol. The van der Waals surface area contributed by atoms with Gasteiger partial charge in [0.25, 0.3) is 0 Å². The van der Waals surface area contributed by atoms with Crippen LogP contribution in [-0.2, 0) is 12.7 Å². The quantitative estimate of drug-likeness (QED) is 0.764. The molecule has 0 spiro atoms. The first kappa shape index (κ1) is 15.0. The van der Waals surface area contributed by atoms with Gasteiger partial charge in [-0.15, -0.1) is 0 Å². The van der Waals surface area contributed by atoms with Crippen LogP contribution in [0.4, 0.5) is 19.0 Å². The van der Waals surface area contributed by atoms with E-state index in [0.717, 1.165) is 16.7 Å². The maximum absolute atomic E-state index is 13.0. The number of aromatic amines is 1. The van der Waals surface area contributed by atoms with Crippen molar-refractivity contribution in [3.8, 4) is 0 Å². The maximum atomic E-state index is 13.0. The molecule has 10 heteroatoms. The van der Waals surface area contributed by atoms with Crippen molar-refractivity contribution < 1.29 is 13.2 Å². The Morgan fingerprint density at radius 1 is 1.35 bits per heavy atom. The molecule has 0 atom stereocenters. The van der Waals surface area contributed by atoms with E-state index in [2.05, 4.69) is 25.7 Å². The van der Waals surface area contributed by atoms with Crippen LogP contribution in [0.15, 0.2) is 29.2 Å². The van der Waals surface area contributed by atoms with Crippen molar-refractivity contribution in [3.63, 3.8) is 0 Å². The Morgan fingerprint density at radius 2 is 2.13 bits per heavy atom. The van der Waals surface area contributed by atoms with Gasteiger partial charge in [-0.25, -0.2) is 4.79 Å². The predicted molar refractivity (Wildman–Crippen MR) is 76.0 cm³/mol. The Balaban J connectivity index is 2.28. The van der Waals surface area contributed by atoms with E-state index in [9.17, 15) is 18.0 Å². The van der Waals surface area contributed by atoms with Crippen LogP contribution >= 0.6 is 0 Å². The largest absolute Gasteiger partial charge is 0.416 e. The lowest BCUT2D eigenvalue weighted by molar-refractivity contribution is -0.137. The van der Waals surface area contributed by atoms with Crippen LogP contribution in [0.3, 0.4) is 0 Å². The summed E-state index contributed by atoms with van der Waals surface area (Å²) in [5.41, 5.74) is -0.993. The highest BCUT2D eigenvalue weighted by Crippen LogP contribution is 2.32. The highest BCUT2D eigenvalue weighted by atomic mass is 19.4. The fraction of sp³-hybridized carbons (Fsp3) is 0.231. The third kappa shape index (κ3) is 2.74. The van der Waals surface area contributed by atoms with Gasteiger partial charge in [0.05, 0.1) is 23.8 Å². The van der Waals surface area contributed by atoms with Gasteiger partial charge < -0.3 is 5.32 Å². The molecule has 23 heavy (non-hydrogen) atoms. The minimum atomic E-state index is -4.51. The Morgan fingerprint density at radius 3 is 2.74 bits per heavy atom. The molecule has 7 nitrogen and oxygen atoms in total. The molecular weight excluding hydrogens is 313 g/mol. The molecule has 0 aliphatic carbocycles. The summed E-state index contributed by atoms with van der Waals surface area (Å²) < 4.78 is 40.0. The lowest BCUT2D eigenvalue weighted by Crippen LogP contribution is -2.25. The average Bonchev–Trinajstić information content (AvgIpc) is 3.01. The molecule has 3 rings (SSSR count). The highest BCUT2D eigenvalue weighted by molar-refractivity contribution is 5.89. The minimum absolute atomic E-state index is 0.0376. The van der Waals surface area contributed by atoms with Gasteiger partial charge in [-0.1, -0.05) is 0 Å². The highest BCUT2D eigenvalue weighted by Gasteiger charge is 2.31. The van der Waals surface area contributed by atoms with Gasteiger partial charge in [0.15, 0.2) is 0 Å². The number of anilines is 1. The fourth-order valence-corrected chi connectivity index (χ4v) is 2.26.